The number of rotatable bonds is 5. The van der Waals surface area contributed by atoms with Crippen LogP contribution in [0.5, 0.6) is 5.75 Å². The van der Waals surface area contributed by atoms with Gasteiger partial charge in [0.05, 0.1) is 12.3 Å². The quantitative estimate of drug-likeness (QED) is 0.870. The first-order valence-electron chi connectivity index (χ1n) is 6.50. The number of carbonyl (C=O) groups excluding carboxylic acids is 1. The van der Waals surface area contributed by atoms with Crippen LogP contribution in [0.3, 0.4) is 0 Å². The predicted octanol–water partition coefficient (Wildman–Crippen LogP) is 2.40. The lowest BCUT2D eigenvalue weighted by Gasteiger charge is -2.13. The van der Waals surface area contributed by atoms with Crippen LogP contribution in [0.1, 0.15) is 44.1 Å². The van der Waals surface area contributed by atoms with E-state index in [4.69, 9.17) is 4.74 Å². The maximum atomic E-state index is 11.9. The van der Waals surface area contributed by atoms with Crippen LogP contribution in [0.15, 0.2) is 18.3 Å². The van der Waals surface area contributed by atoms with Gasteiger partial charge in [-0.2, -0.15) is 0 Å². The van der Waals surface area contributed by atoms with E-state index in [-0.39, 0.29) is 18.1 Å². The van der Waals surface area contributed by atoms with Crippen LogP contribution in [-0.2, 0) is 0 Å². The summed E-state index contributed by atoms with van der Waals surface area (Å²) >= 11 is 0. The molecule has 1 N–H and O–H groups in total. The van der Waals surface area contributed by atoms with Gasteiger partial charge in [-0.1, -0.05) is 0 Å². The molecular weight excluding hydrogens is 228 g/mol. The first kappa shape index (κ1) is 12.9. The van der Waals surface area contributed by atoms with Crippen molar-refractivity contribution in [3.05, 3.63) is 24.0 Å². The summed E-state index contributed by atoms with van der Waals surface area (Å²) in [6.45, 7) is 5.96. The molecule has 1 aliphatic rings. The van der Waals surface area contributed by atoms with Crippen LogP contribution in [0.25, 0.3) is 0 Å². The molecule has 1 heterocycles. The molecule has 1 fully saturated rings. The smallest absolute Gasteiger partial charge is 0.270 e. The first-order valence-corrected chi connectivity index (χ1v) is 6.50. The van der Waals surface area contributed by atoms with E-state index in [1.54, 1.807) is 18.3 Å². The highest BCUT2D eigenvalue weighted by Gasteiger charge is 2.29. The monoisotopic (exact) mass is 248 g/mol. The molecule has 1 aliphatic carbocycles. The summed E-state index contributed by atoms with van der Waals surface area (Å²) in [5, 5.41) is 2.98. The highest BCUT2D eigenvalue weighted by atomic mass is 16.5. The highest BCUT2D eigenvalue weighted by molar-refractivity contribution is 5.92. The van der Waals surface area contributed by atoms with Crippen molar-refractivity contribution >= 4 is 5.91 Å². The lowest BCUT2D eigenvalue weighted by atomic mass is 10.2. The molecule has 0 spiro atoms. The summed E-state index contributed by atoms with van der Waals surface area (Å²) in [5.41, 5.74) is 0.443. The van der Waals surface area contributed by atoms with E-state index < -0.39 is 0 Å². The van der Waals surface area contributed by atoms with Crippen molar-refractivity contribution in [1.82, 2.24) is 10.3 Å². The second-order valence-corrected chi connectivity index (χ2v) is 5.15. The largest absolute Gasteiger partial charge is 0.489 e. The topological polar surface area (TPSA) is 51.2 Å². The predicted molar refractivity (Wildman–Crippen MR) is 69.7 cm³/mol. The fourth-order valence-corrected chi connectivity index (χ4v) is 1.85. The second kappa shape index (κ2) is 5.38. The van der Waals surface area contributed by atoms with Crippen molar-refractivity contribution in [2.24, 2.45) is 5.92 Å². The summed E-state index contributed by atoms with van der Waals surface area (Å²) in [6, 6.07) is 3.72. The summed E-state index contributed by atoms with van der Waals surface area (Å²) in [7, 11) is 0. The Bertz CT molecular complexity index is 410. The second-order valence-electron chi connectivity index (χ2n) is 5.15. The van der Waals surface area contributed by atoms with Gasteiger partial charge in [0.2, 0.25) is 0 Å². The number of pyridine rings is 1. The molecule has 1 aromatic heterocycles. The molecule has 4 nitrogen and oxygen atoms in total. The molecule has 1 atom stereocenters. The molecule has 4 heteroatoms. The maximum absolute atomic E-state index is 11.9. The molecule has 18 heavy (non-hydrogen) atoms. The van der Waals surface area contributed by atoms with E-state index in [1.807, 2.05) is 20.8 Å². The van der Waals surface area contributed by atoms with Gasteiger partial charge < -0.3 is 10.1 Å². The van der Waals surface area contributed by atoms with Gasteiger partial charge in [-0.25, -0.2) is 4.98 Å². The van der Waals surface area contributed by atoms with Crippen molar-refractivity contribution in [3.63, 3.8) is 0 Å². The summed E-state index contributed by atoms with van der Waals surface area (Å²) in [6.07, 6.45) is 4.14. The van der Waals surface area contributed by atoms with Gasteiger partial charge in [0.15, 0.2) is 0 Å². The first-order chi connectivity index (χ1) is 8.56. The number of carbonyl (C=O) groups is 1. The van der Waals surface area contributed by atoms with Crippen LogP contribution in [0, 0.1) is 5.92 Å². The highest BCUT2D eigenvalue weighted by Crippen LogP contribution is 2.32. The van der Waals surface area contributed by atoms with Gasteiger partial charge in [0.25, 0.3) is 5.91 Å². The van der Waals surface area contributed by atoms with Crippen molar-refractivity contribution in [2.75, 3.05) is 0 Å². The molecule has 0 saturated heterocycles. The molecule has 2 rings (SSSR count). The molecule has 1 aromatic rings. The molecule has 98 valence electrons. The molecule has 0 aliphatic heterocycles. The minimum absolute atomic E-state index is 0.106. The molecule has 0 aromatic carbocycles. The molecule has 0 radical (unpaired) electrons. The Labute approximate surface area is 108 Å². The van der Waals surface area contributed by atoms with Gasteiger partial charge in [-0.05, 0) is 51.7 Å². The molecule has 0 unspecified atom stereocenters. The average Bonchev–Trinajstić information content (AvgIpc) is 3.12. The number of hydrogen-bond donors (Lipinski definition) is 1. The Kier molecular flexibility index (Phi) is 3.84. The summed E-state index contributed by atoms with van der Waals surface area (Å²) < 4.78 is 5.48. The van der Waals surface area contributed by atoms with Gasteiger partial charge >= 0.3 is 0 Å². The Morgan fingerprint density at radius 2 is 2.11 bits per heavy atom. The number of ether oxygens (including phenoxy) is 1. The zero-order chi connectivity index (χ0) is 13.1. The van der Waals surface area contributed by atoms with Crippen LogP contribution in [-0.4, -0.2) is 23.0 Å². The Morgan fingerprint density at radius 1 is 1.39 bits per heavy atom. The Morgan fingerprint density at radius 3 is 2.61 bits per heavy atom. The molecular formula is C14H20N2O2. The van der Waals surface area contributed by atoms with Crippen LogP contribution in [0.2, 0.25) is 0 Å². The number of nitrogens with zero attached hydrogens (tertiary/aromatic N) is 1. The van der Waals surface area contributed by atoms with Gasteiger partial charge in [-0.3, -0.25) is 4.79 Å². The molecule has 0 bridgehead atoms. The maximum Gasteiger partial charge on any atom is 0.270 e. The van der Waals surface area contributed by atoms with E-state index >= 15 is 0 Å². The van der Waals surface area contributed by atoms with E-state index in [0.29, 0.717) is 17.4 Å². The zero-order valence-corrected chi connectivity index (χ0v) is 11.1. The lowest BCUT2D eigenvalue weighted by molar-refractivity contribution is 0.0930. The fraction of sp³-hybridized carbons (Fsp3) is 0.571. The van der Waals surface area contributed by atoms with E-state index in [0.717, 1.165) is 0 Å². The third-order valence-electron chi connectivity index (χ3n) is 3.03. The fourth-order valence-electron chi connectivity index (χ4n) is 1.85. The van der Waals surface area contributed by atoms with Crippen molar-refractivity contribution in [1.29, 1.82) is 0 Å². The number of nitrogens with one attached hydrogen (secondary N) is 1. The molecule has 1 amide bonds. The van der Waals surface area contributed by atoms with E-state index in [9.17, 15) is 4.79 Å². The van der Waals surface area contributed by atoms with E-state index in [2.05, 4.69) is 10.3 Å². The average molecular weight is 248 g/mol. The van der Waals surface area contributed by atoms with Gasteiger partial charge in [0, 0.05) is 6.04 Å². The van der Waals surface area contributed by atoms with Crippen LogP contribution >= 0.6 is 0 Å². The third-order valence-corrected chi connectivity index (χ3v) is 3.03. The van der Waals surface area contributed by atoms with E-state index in [1.165, 1.54) is 12.8 Å². The number of aromatic nitrogens is 1. The standard InChI is InChI=1S/C14H20N2O2/c1-9(2)18-12-6-7-13(15-8-12)14(17)16-10(3)11-4-5-11/h6-11H,4-5H2,1-3H3,(H,16,17)/t10-/m0/s1. The summed E-state index contributed by atoms with van der Waals surface area (Å²) in [4.78, 5) is 16.0. The minimum Gasteiger partial charge on any atom is -0.489 e. The van der Waals surface area contributed by atoms with Crippen LogP contribution < -0.4 is 10.1 Å². The zero-order valence-electron chi connectivity index (χ0n) is 11.1. The molecule has 1 saturated carbocycles. The SMILES string of the molecule is CC(C)Oc1ccc(C(=O)N[C@@H](C)C2CC2)nc1. The summed E-state index contributed by atoms with van der Waals surface area (Å²) in [5.74, 6) is 1.24. The Balaban J connectivity index is 1.93. The van der Waals surface area contributed by atoms with Gasteiger partial charge in [-0.15, -0.1) is 0 Å². The number of amides is 1. The lowest BCUT2D eigenvalue weighted by Crippen LogP contribution is -2.34. The minimum atomic E-state index is -0.106. The Hall–Kier alpha value is -1.58. The third kappa shape index (κ3) is 3.45. The van der Waals surface area contributed by atoms with Gasteiger partial charge in [0.1, 0.15) is 11.4 Å². The van der Waals surface area contributed by atoms with Crippen molar-refractivity contribution in [2.45, 2.75) is 45.8 Å². The normalized spacial score (nSPS) is 16.4. The number of hydrogen-bond acceptors (Lipinski definition) is 3. The van der Waals surface area contributed by atoms with Crippen LogP contribution in [0.4, 0.5) is 0 Å². The van der Waals surface area contributed by atoms with Crippen molar-refractivity contribution in [3.8, 4) is 5.75 Å². The van der Waals surface area contributed by atoms with Crippen molar-refractivity contribution < 1.29 is 9.53 Å².